The van der Waals surface area contributed by atoms with Gasteiger partial charge in [-0.1, -0.05) is 75.6 Å². The Bertz CT molecular complexity index is 1160. The van der Waals surface area contributed by atoms with E-state index in [0.29, 0.717) is 34.7 Å². The topological polar surface area (TPSA) is 59.1 Å². The summed E-state index contributed by atoms with van der Waals surface area (Å²) in [6, 6.07) is 9.31. The molecule has 4 nitrogen and oxygen atoms in total. The number of allylic oxidation sites excluding steroid dienone is 3. The largest absolute Gasteiger partial charge is 0.456 e. The fourth-order valence-electron chi connectivity index (χ4n) is 9.30. The summed E-state index contributed by atoms with van der Waals surface area (Å²) < 4.78 is 12.4. The molecule has 4 fully saturated rings. The summed E-state index contributed by atoms with van der Waals surface area (Å²) in [5.41, 5.74) is 3.45. The lowest BCUT2D eigenvalue weighted by Gasteiger charge is -2.54. The van der Waals surface area contributed by atoms with Crippen molar-refractivity contribution in [3.8, 4) is 0 Å². The van der Waals surface area contributed by atoms with Crippen LogP contribution in [0, 0.1) is 40.4 Å². The van der Waals surface area contributed by atoms with Gasteiger partial charge in [-0.2, -0.15) is 0 Å². The quantitative estimate of drug-likeness (QED) is 0.291. The molecule has 4 heteroatoms. The van der Waals surface area contributed by atoms with Crippen molar-refractivity contribution >= 4 is 5.97 Å². The molecular weight excluding hydrogens is 484 g/mol. The second-order valence-corrected chi connectivity index (χ2v) is 14.6. The zero-order valence-corrected chi connectivity index (χ0v) is 24.8. The van der Waals surface area contributed by atoms with E-state index in [1.165, 1.54) is 37.7 Å². The van der Waals surface area contributed by atoms with E-state index >= 15 is 0 Å². The third kappa shape index (κ3) is 4.45. The van der Waals surface area contributed by atoms with E-state index in [1.807, 2.05) is 44.2 Å². The molecule has 0 radical (unpaired) electrons. The van der Waals surface area contributed by atoms with E-state index < -0.39 is 5.60 Å². The van der Waals surface area contributed by atoms with Gasteiger partial charge in [0.2, 0.25) is 0 Å². The summed E-state index contributed by atoms with van der Waals surface area (Å²) in [6.45, 7) is 13.6. The van der Waals surface area contributed by atoms with Crippen molar-refractivity contribution in [2.45, 2.75) is 110 Å². The molecule has 10 atom stereocenters. The van der Waals surface area contributed by atoms with Crippen molar-refractivity contribution in [3.63, 3.8) is 0 Å². The monoisotopic (exact) mass is 532 g/mol. The lowest BCUT2D eigenvalue weighted by atomic mass is 9.50. The van der Waals surface area contributed by atoms with Crippen LogP contribution in [0.1, 0.15) is 96.8 Å². The van der Waals surface area contributed by atoms with Gasteiger partial charge in [-0.3, -0.25) is 0 Å². The molecule has 1 saturated heterocycles. The average molecular weight is 533 g/mol. The van der Waals surface area contributed by atoms with E-state index in [1.54, 1.807) is 5.57 Å². The number of ether oxygens (including phenoxy) is 2. The van der Waals surface area contributed by atoms with Crippen molar-refractivity contribution in [3.05, 3.63) is 59.2 Å². The molecule has 0 spiro atoms. The van der Waals surface area contributed by atoms with Gasteiger partial charge in [0, 0.05) is 11.8 Å². The molecule has 3 saturated carbocycles. The number of esters is 1. The van der Waals surface area contributed by atoms with Gasteiger partial charge in [-0.15, -0.1) is 0 Å². The highest BCUT2D eigenvalue weighted by Crippen LogP contribution is 2.68. The number of epoxide rings is 1. The normalized spacial score (nSPS) is 40.2. The molecule has 0 bridgehead atoms. The molecule has 1 aliphatic heterocycles. The predicted octanol–water partition coefficient (Wildman–Crippen LogP) is 7.52. The maximum absolute atomic E-state index is 12.8. The number of fused-ring (bicyclic) bond motifs is 7. The minimum Gasteiger partial charge on any atom is -0.456 e. The SMILES string of the molecule is C[C@H](CC[C@@H](C)C(C)(C)O)[C@H]1CC[C@H]2C3=CC=C4C[C@@H](OC(=O)c5ccccc5)[C@@H]5O[C@@H]5[C@]4(C)[C@H]3CC[C@]12C. The van der Waals surface area contributed by atoms with E-state index in [4.69, 9.17) is 9.47 Å². The van der Waals surface area contributed by atoms with Crippen LogP contribution in [0.3, 0.4) is 0 Å². The van der Waals surface area contributed by atoms with Crippen LogP contribution in [0.4, 0.5) is 0 Å². The maximum Gasteiger partial charge on any atom is 0.338 e. The van der Waals surface area contributed by atoms with Gasteiger partial charge in [0.25, 0.3) is 0 Å². The maximum atomic E-state index is 12.8. The first-order chi connectivity index (χ1) is 18.4. The molecule has 1 aromatic rings. The van der Waals surface area contributed by atoms with Crippen molar-refractivity contribution in [2.24, 2.45) is 40.4 Å². The van der Waals surface area contributed by atoms with Gasteiger partial charge < -0.3 is 14.6 Å². The van der Waals surface area contributed by atoms with Crippen molar-refractivity contribution in [1.29, 1.82) is 0 Å². The van der Waals surface area contributed by atoms with E-state index in [2.05, 4.69) is 39.8 Å². The van der Waals surface area contributed by atoms with Crippen molar-refractivity contribution in [1.82, 2.24) is 0 Å². The molecule has 0 amide bonds. The third-order valence-corrected chi connectivity index (χ3v) is 12.2. The van der Waals surface area contributed by atoms with Crippen LogP contribution in [0.15, 0.2) is 53.6 Å². The molecule has 0 unspecified atom stereocenters. The first kappa shape index (κ1) is 27.3. The molecular formula is C35H48O4. The van der Waals surface area contributed by atoms with Gasteiger partial charge in [-0.05, 0) is 93.1 Å². The molecule has 5 aliphatic rings. The summed E-state index contributed by atoms with van der Waals surface area (Å²) in [4.78, 5) is 12.8. The molecule has 39 heavy (non-hydrogen) atoms. The van der Waals surface area contributed by atoms with Crippen LogP contribution >= 0.6 is 0 Å². The number of aliphatic hydroxyl groups is 1. The Labute approximate surface area is 235 Å². The molecule has 4 aliphatic carbocycles. The number of hydrogen-bond acceptors (Lipinski definition) is 4. The van der Waals surface area contributed by atoms with Gasteiger partial charge in [0.1, 0.15) is 12.2 Å². The summed E-state index contributed by atoms with van der Waals surface area (Å²) in [5.74, 6) is 2.67. The summed E-state index contributed by atoms with van der Waals surface area (Å²) in [5, 5.41) is 10.4. The predicted molar refractivity (Wildman–Crippen MR) is 154 cm³/mol. The molecule has 0 aromatic heterocycles. The fourth-order valence-corrected chi connectivity index (χ4v) is 9.30. The van der Waals surface area contributed by atoms with Gasteiger partial charge >= 0.3 is 5.97 Å². The first-order valence-electron chi connectivity index (χ1n) is 15.5. The minimum absolute atomic E-state index is 0.0115. The van der Waals surface area contributed by atoms with Gasteiger partial charge in [-0.25, -0.2) is 4.79 Å². The molecule has 1 aromatic carbocycles. The van der Waals surface area contributed by atoms with E-state index in [-0.39, 0.29) is 29.7 Å². The zero-order valence-electron chi connectivity index (χ0n) is 24.8. The number of rotatable bonds is 7. The van der Waals surface area contributed by atoms with Gasteiger partial charge in [0.15, 0.2) is 0 Å². The average Bonchev–Trinajstić information content (AvgIpc) is 3.64. The van der Waals surface area contributed by atoms with Crippen molar-refractivity contribution < 1.29 is 19.4 Å². The number of carbonyl (C=O) groups excluding carboxylic acids is 1. The summed E-state index contributed by atoms with van der Waals surface area (Å²) >= 11 is 0. The van der Waals surface area contributed by atoms with E-state index in [9.17, 15) is 9.90 Å². The Kier molecular flexibility index (Phi) is 6.70. The first-order valence-corrected chi connectivity index (χ1v) is 15.5. The van der Waals surface area contributed by atoms with Crippen LogP contribution in [-0.4, -0.2) is 35.0 Å². The standard InChI is InChI=1S/C35H48O4/c1-21(12-13-22(2)33(3,4)37)26-16-17-27-25-15-14-24-20-29(38-32(36)23-10-8-7-9-11-23)30-31(39-30)35(24,6)28(25)18-19-34(26,27)5/h7-11,14-15,21-22,26-31,37H,12-13,16-20H2,1-6H3/t21-,22-,26-,27+,28+,29-,30+,31+,34-,35+/m1/s1. The van der Waals surface area contributed by atoms with E-state index in [0.717, 1.165) is 18.8 Å². The van der Waals surface area contributed by atoms with Crippen LogP contribution in [0.25, 0.3) is 0 Å². The lowest BCUT2D eigenvalue weighted by Crippen LogP contribution is -2.50. The molecule has 212 valence electrons. The Hall–Kier alpha value is -1.91. The molecule has 1 heterocycles. The fraction of sp³-hybridized carbons (Fsp3) is 0.686. The Morgan fingerprint density at radius 3 is 2.54 bits per heavy atom. The van der Waals surface area contributed by atoms with Crippen LogP contribution in [0.2, 0.25) is 0 Å². The van der Waals surface area contributed by atoms with Crippen LogP contribution < -0.4 is 0 Å². The Balaban J connectivity index is 1.18. The summed E-state index contributed by atoms with van der Waals surface area (Å²) in [6.07, 6.45) is 13.0. The highest BCUT2D eigenvalue weighted by molar-refractivity contribution is 5.89. The van der Waals surface area contributed by atoms with Gasteiger partial charge in [0.05, 0.1) is 17.3 Å². The highest BCUT2D eigenvalue weighted by Gasteiger charge is 2.67. The number of carbonyl (C=O) groups is 1. The third-order valence-electron chi connectivity index (χ3n) is 12.2. The second-order valence-electron chi connectivity index (χ2n) is 14.6. The minimum atomic E-state index is -0.603. The number of benzene rings is 1. The summed E-state index contributed by atoms with van der Waals surface area (Å²) in [7, 11) is 0. The zero-order chi connectivity index (χ0) is 27.7. The molecule has 6 rings (SSSR count). The number of hydrogen-bond donors (Lipinski definition) is 1. The lowest BCUT2D eigenvalue weighted by molar-refractivity contribution is 0.00948. The van der Waals surface area contributed by atoms with Crippen LogP contribution in [-0.2, 0) is 9.47 Å². The Morgan fingerprint density at radius 1 is 1.08 bits per heavy atom. The Morgan fingerprint density at radius 2 is 1.82 bits per heavy atom. The smallest absolute Gasteiger partial charge is 0.338 e. The highest BCUT2D eigenvalue weighted by atomic mass is 16.6. The second kappa shape index (κ2) is 9.58. The van der Waals surface area contributed by atoms with Crippen molar-refractivity contribution in [2.75, 3.05) is 0 Å². The van der Waals surface area contributed by atoms with Crippen LogP contribution in [0.5, 0.6) is 0 Å². The molecule has 1 N–H and O–H groups in total.